The molecule has 0 saturated carbocycles. The van der Waals surface area contributed by atoms with Crippen LogP contribution in [0, 0.1) is 0 Å². The molecule has 218 valence electrons. The molecule has 0 amide bonds. The van der Waals surface area contributed by atoms with Crippen LogP contribution in [0.15, 0.2) is 0 Å². The Hall–Kier alpha value is -1.48. The Labute approximate surface area is 193 Å². The van der Waals surface area contributed by atoms with Crippen molar-refractivity contribution < 1.29 is 89.0 Å². The highest BCUT2D eigenvalue weighted by atomic mass is 28.4. The van der Waals surface area contributed by atoms with Crippen LogP contribution >= 0.6 is 0 Å². The van der Waals surface area contributed by atoms with Crippen molar-refractivity contribution in [2.75, 3.05) is 19.8 Å². The highest BCUT2D eigenvalue weighted by Crippen LogP contribution is 2.62. The van der Waals surface area contributed by atoms with Crippen LogP contribution in [-0.4, -0.2) is 81.4 Å². The molecule has 36 heavy (non-hydrogen) atoms. The molecule has 0 heterocycles. The van der Waals surface area contributed by atoms with Gasteiger partial charge in [0.25, 0.3) is 0 Å². The summed E-state index contributed by atoms with van der Waals surface area (Å²) in [5.74, 6) is -52.8. The van der Waals surface area contributed by atoms with E-state index in [0.29, 0.717) is 19.8 Å². The number of carboxylic acids is 1. The first kappa shape index (κ1) is 36.7. The van der Waals surface area contributed by atoms with E-state index in [0.717, 1.165) is 0 Å². The molecule has 5 nitrogen and oxygen atoms in total. The van der Waals surface area contributed by atoms with E-state index in [9.17, 15) is 70.7 Å². The summed E-state index contributed by atoms with van der Waals surface area (Å²) in [5.41, 5.74) is 0. The van der Waals surface area contributed by atoms with Gasteiger partial charge >= 0.3 is 56.5 Å². The normalized spacial score (nSPS) is 14.9. The standard InChI is InChI=1S/C8HF15O2.C7H18O3Si/c9-2(10,1(24)25)3(11,12)4(13,14)5(15,16)6(17,18)7(19,20)8(21,22)23;1-5-8-11(4,9-6-2)10-7-3/h(H,24,25);5-7H2,1-4H3. The first-order valence-corrected chi connectivity index (χ1v) is 11.3. The molecule has 0 bridgehead atoms. The molecule has 0 rings (SSSR count). The molecule has 0 fully saturated rings. The molecular weight excluding hydrogens is 573 g/mol. The topological polar surface area (TPSA) is 65.0 Å². The third-order valence-corrected chi connectivity index (χ3v) is 6.26. The average molecular weight is 592 g/mol. The van der Waals surface area contributed by atoms with Crippen LogP contribution in [0.1, 0.15) is 20.8 Å². The lowest BCUT2D eigenvalue weighted by Crippen LogP contribution is -2.73. The second-order valence-corrected chi connectivity index (χ2v) is 9.00. The lowest BCUT2D eigenvalue weighted by atomic mass is 9.91. The number of alkyl halides is 15. The fraction of sp³-hybridized carbons (Fsp3) is 0.933. The number of rotatable bonds is 12. The Morgan fingerprint density at radius 3 is 1.06 bits per heavy atom. The summed E-state index contributed by atoms with van der Waals surface area (Å²) in [6.07, 6.45) is -7.69. The third kappa shape index (κ3) is 6.50. The van der Waals surface area contributed by atoms with Gasteiger partial charge in [0.1, 0.15) is 0 Å². The summed E-state index contributed by atoms with van der Waals surface area (Å²) in [5, 5.41) is 7.57. The molecule has 0 atom stereocenters. The summed E-state index contributed by atoms with van der Waals surface area (Å²) in [6, 6.07) is 0. The van der Waals surface area contributed by atoms with E-state index in [1.165, 1.54) is 0 Å². The van der Waals surface area contributed by atoms with Crippen LogP contribution in [-0.2, 0) is 18.1 Å². The fourth-order valence-corrected chi connectivity index (χ4v) is 3.84. The van der Waals surface area contributed by atoms with Gasteiger partial charge in [0.2, 0.25) is 0 Å². The van der Waals surface area contributed by atoms with E-state index >= 15 is 0 Å². The van der Waals surface area contributed by atoms with Crippen LogP contribution in [0.3, 0.4) is 0 Å². The largest absolute Gasteiger partial charge is 0.497 e. The Balaban J connectivity index is 0. The van der Waals surface area contributed by atoms with Crippen LogP contribution in [0.2, 0.25) is 6.55 Å². The van der Waals surface area contributed by atoms with Gasteiger partial charge < -0.3 is 18.4 Å². The van der Waals surface area contributed by atoms with Gasteiger partial charge in [0.15, 0.2) is 0 Å². The third-order valence-electron chi connectivity index (χ3n) is 3.82. The monoisotopic (exact) mass is 592 g/mol. The second-order valence-electron chi connectivity index (χ2n) is 6.41. The minimum absolute atomic E-state index is 0.655. The Morgan fingerprint density at radius 2 is 0.833 bits per heavy atom. The fourth-order valence-electron chi connectivity index (χ4n) is 2.01. The van der Waals surface area contributed by atoms with Gasteiger partial charge in [-0.3, -0.25) is 0 Å². The van der Waals surface area contributed by atoms with E-state index in [4.69, 9.17) is 18.4 Å². The Morgan fingerprint density at radius 1 is 0.583 bits per heavy atom. The minimum Gasteiger partial charge on any atom is -0.477 e. The molecule has 0 unspecified atom stereocenters. The molecule has 0 saturated heterocycles. The summed E-state index contributed by atoms with van der Waals surface area (Å²) in [4.78, 5) is 9.72. The van der Waals surface area contributed by atoms with Gasteiger partial charge in [-0.1, -0.05) is 0 Å². The van der Waals surface area contributed by atoms with Gasteiger partial charge in [-0.05, 0) is 20.8 Å². The van der Waals surface area contributed by atoms with Crippen LogP contribution in [0.5, 0.6) is 0 Å². The Kier molecular flexibility index (Phi) is 11.7. The highest BCUT2D eigenvalue weighted by Gasteiger charge is 2.94. The van der Waals surface area contributed by atoms with Crippen molar-refractivity contribution in [2.24, 2.45) is 0 Å². The van der Waals surface area contributed by atoms with E-state index in [1.54, 1.807) is 0 Å². The van der Waals surface area contributed by atoms with Gasteiger partial charge in [-0.25, -0.2) is 4.79 Å². The van der Waals surface area contributed by atoms with E-state index < -0.39 is 56.5 Å². The van der Waals surface area contributed by atoms with Crippen molar-refractivity contribution in [1.82, 2.24) is 0 Å². The van der Waals surface area contributed by atoms with E-state index in [-0.39, 0.29) is 0 Å². The van der Waals surface area contributed by atoms with Crippen molar-refractivity contribution in [3.8, 4) is 0 Å². The number of hydrogen-bond acceptors (Lipinski definition) is 4. The summed E-state index contributed by atoms with van der Waals surface area (Å²) >= 11 is 0. The van der Waals surface area contributed by atoms with Crippen molar-refractivity contribution in [3.05, 3.63) is 0 Å². The lowest BCUT2D eigenvalue weighted by Gasteiger charge is -2.40. The molecule has 0 aliphatic carbocycles. The van der Waals surface area contributed by atoms with Crippen molar-refractivity contribution in [1.29, 1.82) is 0 Å². The quantitative estimate of drug-likeness (QED) is 0.219. The first-order chi connectivity index (χ1) is 15.6. The zero-order valence-electron chi connectivity index (χ0n) is 18.4. The van der Waals surface area contributed by atoms with Crippen molar-refractivity contribution in [3.63, 3.8) is 0 Å². The van der Waals surface area contributed by atoms with Crippen molar-refractivity contribution >= 4 is 14.8 Å². The average Bonchev–Trinajstić information content (AvgIpc) is 2.67. The van der Waals surface area contributed by atoms with Crippen molar-refractivity contribution in [2.45, 2.75) is 69.0 Å². The molecule has 0 radical (unpaired) electrons. The maximum absolute atomic E-state index is 12.8. The first-order valence-electron chi connectivity index (χ1n) is 9.11. The van der Waals surface area contributed by atoms with E-state index in [2.05, 4.69) is 0 Å². The SMILES string of the molecule is CCO[Si](C)(OCC)OCC.O=C(O)C(F)(F)C(F)(F)C(F)(F)C(F)(F)C(F)(F)C(F)(F)C(F)(F)F. The number of carboxylic acid groups (broad SMARTS) is 1. The number of hydrogen-bond donors (Lipinski definition) is 1. The number of halogens is 15. The summed E-state index contributed by atoms with van der Waals surface area (Å²) in [7, 11) is -2.25. The smallest absolute Gasteiger partial charge is 0.477 e. The van der Waals surface area contributed by atoms with Crippen LogP contribution < -0.4 is 0 Å². The molecule has 0 aliphatic rings. The molecule has 0 spiro atoms. The summed E-state index contributed by atoms with van der Waals surface area (Å²) in [6.45, 7) is 9.73. The maximum Gasteiger partial charge on any atom is 0.497 e. The molecule has 0 aliphatic heterocycles. The molecular formula is C15H19F15O5Si. The van der Waals surface area contributed by atoms with Gasteiger partial charge in [-0.15, -0.1) is 0 Å². The molecule has 0 aromatic heterocycles. The second kappa shape index (κ2) is 11.5. The predicted octanol–water partition coefficient (Wildman–Crippen LogP) is 6.11. The lowest BCUT2D eigenvalue weighted by molar-refractivity contribution is -0.450. The zero-order chi connectivity index (χ0) is 29.8. The minimum atomic E-state index is -8.47. The highest BCUT2D eigenvalue weighted by molar-refractivity contribution is 6.59. The summed E-state index contributed by atoms with van der Waals surface area (Å²) < 4.78 is 203. The number of aliphatic carboxylic acids is 1. The van der Waals surface area contributed by atoms with Crippen LogP contribution in [0.25, 0.3) is 0 Å². The molecule has 21 heteroatoms. The molecule has 1 N–H and O–H groups in total. The van der Waals surface area contributed by atoms with Crippen LogP contribution in [0.4, 0.5) is 65.9 Å². The van der Waals surface area contributed by atoms with Gasteiger partial charge in [-0.2, -0.15) is 65.9 Å². The van der Waals surface area contributed by atoms with Gasteiger partial charge in [0.05, 0.1) is 0 Å². The molecule has 0 aromatic rings. The Bertz CT molecular complexity index is 710. The van der Waals surface area contributed by atoms with Gasteiger partial charge in [0, 0.05) is 26.4 Å². The number of carbonyl (C=O) groups is 1. The predicted molar refractivity (Wildman–Crippen MR) is 89.9 cm³/mol. The van der Waals surface area contributed by atoms with E-state index in [1.807, 2.05) is 27.3 Å². The maximum atomic E-state index is 12.8. The molecule has 0 aromatic carbocycles. The zero-order valence-corrected chi connectivity index (χ0v) is 19.4.